The zero-order chi connectivity index (χ0) is 12.3. The third-order valence-electron chi connectivity index (χ3n) is 3.65. The van der Waals surface area contributed by atoms with Crippen LogP contribution in [0.4, 0.5) is 0 Å². The monoisotopic (exact) mass is 240 g/mol. The van der Waals surface area contributed by atoms with E-state index in [0.29, 0.717) is 18.6 Å². The zero-order valence-corrected chi connectivity index (χ0v) is 10.9. The Morgan fingerprint density at radius 1 is 1.47 bits per heavy atom. The summed E-state index contributed by atoms with van der Waals surface area (Å²) in [6, 6.07) is 0.408. The molecule has 0 aromatic heterocycles. The minimum absolute atomic E-state index is 0.141. The first-order valence-electron chi connectivity index (χ1n) is 6.90. The Morgan fingerprint density at radius 2 is 2.29 bits per heavy atom. The second kappa shape index (κ2) is 5.83. The maximum Gasteiger partial charge on any atom is 0.228 e. The summed E-state index contributed by atoms with van der Waals surface area (Å²) in [6.07, 6.45) is 3.25. The van der Waals surface area contributed by atoms with E-state index in [2.05, 4.69) is 17.1 Å². The molecule has 3 atom stereocenters. The Morgan fingerprint density at radius 3 is 2.88 bits per heavy atom. The van der Waals surface area contributed by atoms with Crippen LogP contribution >= 0.6 is 0 Å². The average Bonchev–Trinajstić information content (AvgIpc) is 2.89. The summed E-state index contributed by atoms with van der Waals surface area (Å²) in [4.78, 5) is 14.5. The van der Waals surface area contributed by atoms with Gasteiger partial charge in [-0.05, 0) is 32.7 Å². The molecule has 0 bridgehead atoms. The van der Waals surface area contributed by atoms with Crippen LogP contribution in [-0.2, 0) is 9.53 Å². The van der Waals surface area contributed by atoms with Crippen molar-refractivity contribution >= 4 is 5.91 Å². The molecule has 1 aliphatic carbocycles. The van der Waals surface area contributed by atoms with Gasteiger partial charge < -0.3 is 15.0 Å². The molecule has 2 rings (SSSR count). The van der Waals surface area contributed by atoms with Crippen LogP contribution in [-0.4, -0.2) is 49.2 Å². The largest absolute Gasteiger partial charge is 0.378 e. The lowest BCUT2D eigenvalue weighted by atomic mass is 10.2. The number of ether oxygens (including phenoxy) is 1. The van der Waals surface area contributed by atoms with Crippen molar-refractivity contribution in [3.63, 3.8) is 0 Å². The third kappa shape index (κ3) is 2.99. The van der Waals surface area contributed by atoms with Gasteiger partial charge in [-0.15, -0.1) is 0 Å². The molecule has 4 heteroatoms. The molecular weight excluding hydrogens is 216 g/mol. The summed E-state index contributed by atoms with van der Waals surface area (Å²) in [7, 11) is 0. The first-order chi connectivity index (χ1) is 8.27. The maximum absolute atomic E-state index is 12.4. The van der Waals surface area contributed by atoms with Gasteiger partial charge in [0.15, 0.2) is 0 Å². The fourth-order valence-electron chi connectivity index (χ4n) is 2.66. The van der Waals surface area contributed by atoms with E-state index in [4.69, 9.17) is 4.74 Å². The minimum Gasteiger partial charge on any atom is -0.378 e. The Hall–Kier alpha value is -0.610. The normalized spacial score (nSPS) is 31.5. The number of nitrogens with zero attached hydrogens (tertiary/aromatic N) is 1. The van der Waals surface area contributed by atoms with Crippen LogP contribution in [0.2, 0.25) is 0 Å². The molecule has 0 aromatic carbocycles. The van der Waals surface area contributed by atoms with Crippen LogP contribution < -0.4 is 5.32 Å². The topological polar surface area (TPSA) is 41.6 Å². The van der Waals surface area contributed by atoms with Crippen molar-refractivity contribution in [1.82, 2.24) is 10.2 Å². The lowest BCUT2D eigenvalue weighted by Gasteiger charge is -2.28. The van der Waals surface area contributed by atoms with Crippen molar-refractivity contribution in [2.24, 2.45) is 5.92 Å². The summed E-state index contributed by atoms with van der Waals surface area (Å²) >= 11 is 0. The van der Waals surface area contributed by atoms with Crippen molar-refractivity contribution in [2.45, 2.75) is 45.3 Å². The van der Waals surface area contributed by atoms with Gasteiger partial charge in [-0.2, -0.15) is 0 Å². The molecule has 0 spiro atoms. The highest BCUT2D eigenvalue weighted by Gasteiger charge is 2.46. The molecule has 0 radical (unpaired) electrons. The summed E-state index contributed by atoms with van der Waals surface area (Å²) < 4.78 is 5.51. The predicted molar refractivity (Wildman–Crippen MR) is 66.8 cm³/mol. The number of carbonyl (C=O) groups is 1. The number of hydrogen-bond acceptors (Lipinski definition) is 3. The molecule has 1 saturated carbocycles. The third-order valence-corrected chi connectivity index (χ3v) is 3.65. The van der Waals surface area contributed by atoms with Gasteiger partial charge in [0.05, 0.1) is 12.0 Å². The first-order valence-corrected chi connectivity index (χ1v) is 6.90. The molecule has 4 nitrogen and oxygen atoms in total. The molecule has 2 fully saturated rings. The quantitative estimate of drug-likeness (QED) is 0.753. The van der Waals surface area contributed by atoms with E-state index >= 15 is 0 Å². The number of amides is 1. The van der Waals surface area contributed by atoms with E-state index in [1.165, 1.54) is 0 Å². The van der Waals surface area contributed by atoms with E-state index in [1.54, 1.807) is 0 Å². The van der Waals surface area contributed by atoms with Crippen LogP contribution in [0, 0.1) is 5.92 Å². The fraction of sp³-hybridized carbons (Fsp3) is 0.923. The van der Waals surface area contributed by atoms with E-state index in [1.807, 2.05) is 6.92 Å². The van der Waals surface area contributed by atoms with Gasteiger partial charge in [-0.25, -0.2) is 0 Å². The molecule has 1 N–H and O–H groups in total. The van der Waals surface area contributed by atoms with E-state index in [9.17, 15) is 4.79 Å². The summed E-state index contributed by atoms with van der Waals surface area (Å²) in [6.45, 7) is 7.73. The lowest BCUT2D eigenvalue weighted by molar-refractivity contribution is -0.135. The summed E-state index contributed by atoms with van der Waals surface area (Å²) in [5.41, 5.74) is 0. The van der Waals surface area contributed by atoms with Crippen molar-refractivity contribution in [3.05, 3.63) is 0 Å². The second-order valence-corrected chi connectivity index (χ2v) is 5.01. The van der Waals surface area contributed by atoms with E-state index in [0.717, 1.165) is 38.9 Å². The molecule has 1 aliphatic heterocycles. The van der Waals surface area contributed by atoms with Crippen LogP contribution in [0.25, 0.3) is 0 Å². The SMILES string of the molecule is CCCN(C(=O)C1CC1OCC)C1CCNC1. The molecule has 17 heavy (non-hydrogen) atoms. The van der Waals surface area contributed by atoms with Crippen molar-refractivity contribution < 1.29 is 9.53 Å². The number of carbonyl (C=O) groups excluding carboxylic acids is 1. The Labute approximate surface area is 104 Å². The second-order valence-electron chi connectivity index (χ2n) is 5.01. The zero-order valence-electron chi connectivity index (χ0n) is 10.9. The van der Waals surface area contributed by atoms with E-state index in [-0.39, 0.29) is 12.0 Å². The highest BCUT2D eigenvalue weighted by Crippen LogP contribution is 2.36. The molecule has 98 valence electrons. The summed E-state index contributed by atoms with van der Waals surface area (Å²) in [5, 5.41) is 3.34. The van der Waals surface area contributed by atoms with Gasteiger partial charge in [0.1, 0.15) is 0 Å². The van der Waals surface area contributed by atoms with Crippen LogP contribution in [0.3, 0.4) is 0 Å². The number of rotatable bonds is 6. The lowest BCUT2D eigenvalue weighted by Crippen LogP contribution is -2.43. The average molecular weight is 240 g/mol. The Bertz CT molecular complexity index is 264. The highest BCUT2D eigenvalue weighted by atomic mass is 16.5. The number of hydrogen-bond donors (Lipinski definition) is 1. The van der Waals surface area contributed by atoms with Gasteiger partial charge >= 0.3 is 0 Å². The predicted octanol–water partition coefficient (Wildman–Crippen LogP) is 1.01. The Balaban J connectivity index is 1.89. The fourth-order valence-corrected chi connectivity index (χ4v) is 2.66. The molecule has 3 unspecified atom stereocenters. The molecule has 1 amide bonds. The van der Waals surface area contributed by atoms with E-state index < -0.39 is 0 Å². The summed E-state index contributed by atoms with van der Waals surface area (Å²) in [5.74, 6) is 0.459. The van der Waals surface area contributed by atoms with Gasteiger partial charge in [-0.3, -0.25) is 4.79 Å². The van der Waals surface area contributed by atoms with Crippen LogP contribution in [0.1, 0.15) is 33.1 Å². The minimum atomic E-state index is 0.141. The molecule has 1 saturated heterocycles. The van der Waals surface area contributed by atoms with Gasteiger partial charge in [0.25, 0.3) is 0 Å². The van der Waals surface area contributed by atoms with Crippen LogP contribution in [0.15, 0.2) is 0 Å². The van der Waals surface area contributed by atoms with Crippen molar-refractivity contribution in [1.29, 1.82) is 0 Å². The standard InChI is InChI=1S/C13H24N2O2/c1-3-7-15(10-5-6-14-9-10)13(16)11-8-12(11)17-4-2/h10-12,14H,3-9H2,1-2H3. The van der Waals surface area contributed by atoms with Gasteiger partial charge in [0, 0.05) is 25.7 Å². The smallest absolute Gasteiger partial charge is 0.228 e. The molecule has 0 aromatic rings. The maximum atomic E-state index is 12.4. The highest BCUT2D eigenvalue weighted by molar-refractivity contribution is 5.82. The Kier molecular flexibility index (Phi) is 4.40. The van der Waals surface area contributed by atoms with Crippen LogP contribution in [0.5, 0.6) is 0 Å². The van der Waals surface area contributed by atoms with Crippen molar-refractivity contribution in [3.8, 4) is 0 Å². The van der Waals surface area contributed by atoms with Gasteiger partial charge in [-0.1, -0.05) is 6.92 Å². The molecule has 2 aliphatic rings. The first kappa shape index (κ1) is 12.8. The number of nitrogens with one attached hydrogen (secondary N) is 1. The molecule has 1 heterocycles. The molecular formula is C13H24N2O2. The van der Waals surface area contributed by atoms with Crippen molar-refractivity contribution in [2.75, 3.05) is 26.2 Å². The van der Waals surface area contributed by atoms with Gasteiger partial charge in [0.2, 0.25) is 5.91 Å².